The summed E-state index contributed by atoms with van der Waals surface area (Å²) in [7, 11) is 1.93. The average molecular weight is 254 g/mol. The fraction of sp³-hybridized carbons (Fsp3) is 0.667. The Bertz CT molecular complexity index is 316. The molecule has 0 amide bonds. The molecule has 0 saturated carbocycles. The summed E-state index contributed by atoms with van der Waals surface area (Å²) >= 11 is 0. The van der Waals surface area contributed by atoms with E-state index in [1.807, 2.05) is 24.9 Å². The van der Waals surface area contributed by atoms with Gasteiger partial charge >= 0.3 is 0 Å². The molecule has 0 bridgehead atoms. The molecule has 4 nitrogen and oxygen atoms in total. The topological polar surface area (TPSA) is 53.1 Å². The van der Waals surface area contributed by atoms with Crippen molar-refractivity contribution < 1.29 is 4.74 Å². The maximum absolute atomic E-state index is 5.93. The minimum Gasteiger partial charge on any atom is -0.372 e. The van der Waals surface area contributed by atoms with Crippen molar-refractivity contribution in [3.05, 3.63) is 17.5 Å². The van der Waals surface area contributed by atoms with Crippen LogP contribution in [0.5, 0.6) is 0 Å². The quantitative estimate of drug-likeness (QED) is 0.823. The van der Waals surface area contributed by atoms with Crippen LogP contribution in [0.3, 0.4) is 0 Å². The highest BCUT2D eigenvalue weighted by Crippen LogP contribution is 2.29. The second-order valence-corrected chi connectivity index (χ2v) is 3.55. The molecule has 0 radical (unpaired) electrons. The molecule has 6 heteroatoms. The van der Waals surface area contributed by atoms with E-state index in [1.54, 1.807) is 0 Å². The minimum atomic E-state index is 0. The molecule has 1 aliphatic heterocycles. The molecule has 0 aromatic carbocycles. The molecule has 0 spiro atoms. The number of nitrogens with zero attached hydrogens (tertiary/aromatic N) is 2. The Kier molecular flexibility index (Phi) is 5.59. The van der Waals surface area contributed by atoms with Crippen LogP contribution in [0.25, 0.3) is 0 Å². The third-order valence-corrected chi connectivity index (χ3v) is 2.72. The summed E-state index contributed by atoms with van der Waals surface area (Å²) in [6, 6.07) is 0.128. The average Bonchev–Trinajstić information content (AvgIpc) is 2.62. The highest BCUT2D eigenvalue weighted by atomic mass is 35.5. The zero-order chi connectivity index (χ0) is 9.42. The van der Waals surface area contributed by atoms with Gasteiger partial charge in [0, 0.05) is 31.0 Å². The van der Waals surface area contributed by atoms with E-state index in [0.717, 1.165) is 24.3 Å². The van der Waals surface area contributed by atoms with Crippen LogP contribution in [0.2, 0.25) is 0 Å². The minimum absolute atomic E-state index is 0. The largest absolute Gasteiger partial charge is 0.372 e. The maximum atomic E-state index is 5.93. The van der Waals surface area contributed by atoms with Crippen molar-refractivity contribution >= 4 is 24.8 Å². The van der Waals surface area contributed by atoms with Crippen LogP contribution in [0, 0.1) is 6.92 Å². The number of rotatable bonds is 1. The molecule has 1 saturated heterocycles. The Morgan fingerprint density at radius 3 is 2.60 bits per heavy atom. The van der Waals surface area contributed by atoms with Gasteiger partial charge in [-0.2, -0.15) is 5.10 Å². The second kappa shape index (κ2) is 5.70. The van der Waals surface area contributed by atoms with Gasteiger partial charge in [-0.25, -0.2) is 0 Å². The Morgan fingerprint density at radius 1 is 1.53 bits per heavy atom. The van der Waals surface area contributed by atoms with Crippen LogP contribution in [-0.4, -0.2) is 22.4 Å². The fourth-order valence-corrected chi connectivity index (χ4v) is 1.72. The summed E-state index contributed by atoms with van der Waals surface area (Å²) in [4.78, 5) is 0. The summed E-state index contributed by atoms with van der Waals surface area (Å²) in [5.41, 5.74) is 8.20. The molecule has 1 aliphatic rings. The molecule has 88 valence electrons. The predicted molar refractivity (Wildman–Crippen MR) is 63.7 cm³/mol. The van der Waals surface area contributed by atoms with Crippen LogP contribution in [0.1, 0.15) is 23.8 Å². The molecule has 2 rings (SSSR count). The first kappa shape index (κ1) is 14.7. The van der Waals surface area contributed by atoms with Crippen LogP contribution in [-0.2, 0) is 11.8 Å². The summed E-state index contributed by atoms with van der Waals surface area (Å²) in [5.74, 6) is 0. The van der Waals surface area contributed by atoms with Gasteiger partial charge in [-0.1, -0.05) is 0 Å². The van der Waals surface area contributed by atoms with Crippen LogP contribution in [0.15, 0.2) is 6.20 Å². The van der Waals surface area contributed by atoms with Gasteiger partial charge in [0.2, 0.25) is 0 Å². The zero-order valence-corrected chi connectivity index (χ0v) is 10.5. The molecule has 1 aromatic rings. The lowest BCUT2D eigenvalue weighted by molar-refractivity contribution is 0.104. The van der Waals surface area contributed by atoms with Crippen LogP contribution >= 0.6 is 24.8 Å². The van der Waals surface area contributed by atoms with Gasteiger partial charge in [0.25, 0.3) is 0 Å². The van der Waals surface area contributed by atoms with Gasteiger partial charge in [0.15, 0.2) is 0 Å². The highest BCUT2D eigenvalue weighted by Gasteiger charge is 2.28. The maximum Gasteiger partial charge on any atom is 0.101 e. The van der Waals surface area contributed by atoms with Crippen molar-refractivity contribution in [2.75, 3.05) is 6.61 Å². The summed E-state index contributed by atoms with van der Waals surface area (Å²) in [5, 5.41) is 4.18. The van der Waals surface area contributed by atoms with E-state index >= 15 is 0 Å². The molecule has 2 N–H and O–H groups in total. The lowest BCUT2D eigenvalue weighted by Crippen LogP contribution is -2.23. The fourth-order valence-electron chi connectivity index (χ4n) is 1.72. The number of ether oxygens (including phenoxy) is 1. The van der Waals surface area contributed by atoms with Gasteiger partial charge < -0.3 is 10.5 Å². The third kappa shape index (κ3) is 2.64. The standard InChI is InChI=1S/C9H15N3O.2ClH/c1-6-7(5-11-12(6)2)9-8(10)3-4-13-9;;/h5,8-9H,3-4,10H2,1-2H3;2*1H/t8-,9+;;/m0../s1. The predicted octanol–water partition coefficient (Wildman–Crippen LogP) is 1.36. The summed E-state index contributed by atoms with van der Waals surface area (Å²) in [6.45, 7) is 2.80. The highest BCUT2D eigenvalue weighted by molar-refractivity contribution is 5.85. The van der Waals surface area contributed by atoms with Crippen LogP contribution < -0.4 is 5.73 Å². The molecule has 15 heavy (non-hydrogen) atoms. The lowest BCUT2D eigenvalue weighted by atomic mass is 10.0. The normalized spacial score (nSPS) is 24.5. The monoisotopic (exact) mass is 253 g/mol. The molecule has 2 atom stereocenters. The zero-order valence-electron chi connectivity index (χ0n) is 8.84. The van der Waals surface area contributed by atoms with E-state index in [2.05, 4.69) is 5.10 Å². The second-order valence-electron chi connectivity index (χ2n) is 3.55. The van der Waals surface area contributed by atoms with Crippen molar-refractivity contribution in [3.63, 3.8) is 0 Å². The summed E-state index contributed by atoms with van der Waals surface area (Å²) < 4.78 is 7.42. The number of nitrogens with two attached hydrogens (primary N) is 1. The van der Waals surface area contributed by atoms with E-state index in [4.69, 9.17) is 10.5 Å². The molecule has 1 fully saturated rings. The smallest absolute Gasteiger partial charge is 0.101 e. The Balaban J connectivity index is 0.000000980. The van der Waals surface area contributed by atoms with E-state index in [9.17, 15) is 0 Å². The van der Waals surface area contributed by atoms with Crippen molar-refractivity contribution in [2.24, 2.45) is 12.8 Å². The van der Waals surface area contributed by atoms with Gasteiger partial charge in [-0.15, -0.1) is 24.8 Å². The number of halogens is 2. The Hall–Kier alpha value is -0.290. The van der Waals surface area contributed by atoms with E-state index < -0.39 is 0 Å². The van der Waals surface area contributed by atoms with Crippen molar-refractivity contribution in [3.8, 4) is 0 Å². The molecule has 2 heterocycles. The van der Waals surface area contributed by atoms with Gasteiger partial charge in [0.1, 0.15) is 6.10 Å². The number of hydrogen-bond donors (Lipinski definition) is 1. The summed E-state index contributed by atoms with van der Waals surface area (Å²) in [6.07, 6.45) is 2.85. The van der Waals surface area contributed by atoms with Crippen molar-refractivity contribution in [1.29, 1.82) is 0 Å². The Labute approximate surface area is 102 Å². The number of aryl methyl sites for hydroxylation is 1. The molecular formula is C9H17Cl2N3O. The number of aromatic nitrogens is 2. The van der Waals surface area contributed by atoms with E-state index in [0.29, 0.717) is 0 Å². The van der Waals surface area contributed by atoms with Crippen molar-refractivity contribution in [1.82, 2.24) is 9.78 Å². The first-order chi connectivity index (χ1) is 6.20. The van der Waals surface area contributed by atoms with Crippen molar-refractivity contribution in [2.45, 2.75) is 25.5 Å². The Morgan fingerprint density at radius 2 is 2.20 bits per heavy atom. The SMILES string of the molecule is Cc1c([C@H]2OCC[C@@H]2N)cnn1C.Cl.Cl. The molecule has 0 aliphatic carbocycles. The first-order valence-corrected chi connectivity index (χ1v) is 4.56. The van der Waals surface area contributed by atoms with Crippen LogP contribution in [0.4, 0.5) is 0 Å². The first-order valence-electron chi connectivity index (χ1n) is 4.56. The van der Waals surface area contributed by atoms with Gasteiger partial charge in [0.05, 0.1) is 6.20 Å². The van der Waals surface area contributed by atoms with Gasteiger partial charge in [-0.05, 0) is 13.3 Å². The molecule has 1 aromatic heterocycles. The van der Waals surface area contributed by atoms with Gasteiger partial charge in [-0.3, -0.25) is 4.68 Å². The van der Waals surface area contributed by atoms with E-state index in [1.165, 1.54) is 0 Å². The third-order valence-electron chi connectivity index (χ3n) is 2.72. The molecule has 0 unspecified atom stereocenters. The van der Waals surface area contributed by atoms with E-state index in [-0.39, 0.29) is 37.0 Å². The molecular weight excluding hydrogens is 237 g/mol. The number of hydrogen-bond acceptors (Lipinski definition) is 3. The lowest BCUT2D eigenvalue weighted by Gasteiger charge is -2.13.